The van der Waals surface area contributed by atoms with Gasteiger partial charge in [0.15, 0.2) is 0 Å². The lowest BCUT2D eigenvalue weighted by Crippen LogP contribution is -2.45. The molecule has 1 fully saturated rings. The maximum Gasteiger partial charge on any atom is 0.109 e. The minimum absolute atomic E-state index is 0.589. The van der Waals surface area contributed by atoms with Gasteiger partial charge in [-0.25, -0.2) is 0 Å². The van der Waals surface area contributed by atoms with E-state index in [1.54, 1.807) is 0 Å². The van der Waals surface area contributed by atoms with Gasteiger partial charge in [-0.15, -0.1) is 0 Å². The Morgan fingerprint density at radius 1 is 1.42 bits per heavy atom. The normalized spacial score (nSPS) is 20.7. The first-order valence-electron chi connectivity index (χ1n) is 4.03. The van der Waals surface area contributed by atoms with Crippen LogP contribution in [0.1, 0.15) is 0 Å². The lowest BCUT2D eigenvalue weighted by molar-refractivity contribution is 0.185. The van der Waals surface area contributed by atoms with E-state index in [2.05, 4.69) is 11.9 Å². The van der Waals surface area contributed by atoms with E-state index < -0.39 is 0 Å². The third-order valence-electron chi connectivity index (χ3n) is 2.08. The van der Waals surface area contributed by atoms with Crippen molar-refractivity contribution in [3.05, 3.63) is 11.9 Å². The number of hydrogen-bond acceptors (Lipinski definition) is 4. The molecule has 0 bridgehead atoms. The minimum atomic E-state index is 0.589. The quantitative estimate of drug-likeness (QED) is 0.536. The van der Waals surface area contributed by atoms with E-state index in [1.807, 2.05) is 11.0 Å². The van der Waals surface area contributed by atoms with Gasteiger partial charge in [0.25, 0.3) is 0 Å². The van der Waals surface area contributed by atoms with Gasteiger partial charge in [-0.1, -0.05) is 0 Å². The van der Waals surface area contributed by atoms with E-state index >= 15 is 0 Å². The van der Waals surface area contributed by atoms with Crippen LogP contribution in [-0.2, 0) is 0 Å². The second kappa shape index (κ2) is 3.98. The molecule has 0 amide bonds. The zero-order valence-corrected chi connectivity index (χ0v) is 7.32. The van der Waals surface area contributed by atoms with Crippen molar-refractivity contribution < 1.29 is 0 Å². The Bertz CT molecular complexity index is 208. The molecule has 1 heterocycles. The van der Waals surface area contributed by atoms with Crippen LogP contribution in [-0.4, -0.2) is 43.0 Å². The van der Waals surface area contributed by atoms with Crippen LogP contribution in [0.2, 0.25) is 0 Å². The van der Waals surface area contributed by atoms with Crippen molar-refractivity contribution in [2.75, 3.05) is 33.2 Å². The minimum Gasteiger partial charge on any atom is -0.385 e. The Labute approximate surface area is 72.9 Å². The molecule has 4 nitrogen and oxygen atoms in total. The number of allylic oxidation sites excluding steroid dienone is 1. The van der Waals surface area contributed by atoms with Crippen LogP contribution in [0.5, 0.6) is 0 Å². The monoisotopic (exact) mass is 166 g/mol. The molecular formula is C8H14N4. The number of piperazine rings is 1. The zero-order chi connectivity index (χ0) is 8.97. The van der Waals surface area contributed by atoms with Crippen LogP contribution in [0.15, 0.2) is 11.9 Å². The molecule has 12 heavy (non-hydrogen) atoms. The van der Waals surface area contributed by atoms with E-state index in [9.17, 15) is 0 Å². The molecule has 0 aromatic rings. The van der Waals surface area contributed by atoms with Crippen LogP contribution in [0.3, 0.4) is 0 Å². The third-order valence-corrected chi connectivity index (χ3v) is 2.08. The summed E-state index contributed by atoms with van der Waals surface area (Å²) in [6.07, 6.45) is 1.39. The fraction of sp³-hybridized carbons (Fsp3) is 0.625. The number of nitriles is 1. The first-order chi connectivity index (χ1) is 5.74. The Kier molecular flexibility index (Phi) is 2.94. The van der Waals surface area contributed by atoms with Crippen molar-refractivity contribution in [2.24, 2.45) is 5.73 Å². The average molecular weight is 166 g/mol. The number of nitrogens with zero attached hydrogens (tertiary/aromatic N) is 3. The van der Waals surface area contributed by atoms with Gasteiger partial charge in [-0.3, -0.25) is 0 Å². The van der Waals surface area contributed by atoms with E-state index in [-0.39, 0.29) is 0 Å². The SMILES string of the molecule is CN1CCN(C(N)=CC#N)CC1. The van der Waals surface area contributed by atoms with Gasteiger partial charge in [0.05, 0.1) is 12.1 Å². The Balaban J connectivity index is 2.45. The summed E-state index contributed by atoms with van der Waals surface area (Å²) in [6.45, 7) is 3.86. The van der Waals surface area contributed by atoms with Gasteiger partial charge in [0.1, 0.15) is 5.82 Å². The lowest BCUT2D eigenvalue weighted by atomic mass is 10.3. The molecule has 0 atom stereocenters. The molecule has 0 radical (unpaired) electrons. The van der Waals surface area contributed by atoms with E-state index in [1.165, 1.54) is 6.08 Å². The summed E-state index contributed by atoms with van der Waals surface area (Å²) in [6, 6.07) is 1.93. The molecule has 0 spiro atoms. The third kappa shape index (κ3) is 2.14. The van der Waals surface area contributed by atoms with Crippen molar-refractivity contribution in [1.82, 2.24) is 9.80 Å². The molecule has 1 saturated heterocycles. The molecule has 2 N–H and O–H groups in total. The molecule has 4 heteroatoms. The summed E-state index contributed by atoms with van der Waals surface area (Å²) in [5.74, 6) is 0.589. The topological polar surface area (TPSA) is 56.3 Å². The summed E-state index contributed by atoms with van der Waals surface area (Å²) < 4.78 is 0. The van der Waals surface area contributed by atoms with Crippen LogP contribution in [0.25, 0.3) is 0 Å². The van der Waals surface area contributed by atoms with E-state index in [4.69, 9.17) is 11.0 Å². The highest BCUT2D eigenvalue weighted by Gasteiger charge is 2.13. The van der Waals surface area contributed by atoms with Crippen molar-refractivity contribution in [2.45, 2.75) is 0 Å². The molecule has 66 valence electrons. The van der Waals surface area contributed by atoms with Crippen molar-refractivity contribution >= 4 is 0 Å². The standard InChI is InChI=1S/C8H14N4/c1-11-4-6-12(7-5-11)8(10)2-3-9/h2H,4-7,10H2,1H3. The first-order valence-corrected chi connectivity index (χ1v) is 4.03. The Hall–Kier alpha value is -1.21. The molecule has 1 rings (SSSR count). The summed E-state index contributed by atoms with van der Waals surface area (Å²) in [4.78, 5) is 4.28. The molecule has 0 aromatic heterocycles. The number of nitrogens with two attached hydrogens (primary N) is 1. The molecule has 0 aliphatic carbocycles. The highest BCUT2D eigenvalue weighted by Crippen LogP contribution is 2.02. The fourth-order valence-electron chi connectivity index (χ4n) is 1.22. The van der Waals surface area contributed by atoms with Crippen LogP contribution in [0.4, 0.5) is 0 Å². The maximum atomic E-state index is 8.38. The van der Waals surface area contributed by atoms with Gasteiger partial charge in [-0.2, -0.15) is 5.26 Å². The highest BCUT2D eigenvalue weighted by molar-refractivity contribution is 5.09. The zero-order valence-electron chi connectivity index (χ0n) is 7.32. The second-order valence-corrected chi connectivity index (χ2v) is 2.99. The summed E-state index contributed by atoms with van der Waals surface area (Å²) in [5.41, 5.74) is 5.65. The van der Waals surface area contributed by atoms with Gasteiger partial charge in [-0.05, 0) is 7.05 Å². The lowest BCUT2D eigenvalue weighted by Gasteiger charge is -2.33. The van der Waals surface area contributed by atoms with Crippen molar-refractivity contribution in [3.63, 3.8) is 0 Å². The van der Waals surface area contributed by atoms with Crippen molar-refractivity contribution in [1.29, 1.82) is 5.26 Å². The van der Waals surface area contributed by atoms with E-state index in [0.717, 1.165) is 26.2 Å². The Morgan fingerprint density at radius 3 is 2.50 bits per heavy atom. The van der Waals surface area contributed by atoms with Crippen LogP contribution in [0, 0.1) is 11.3 Å². The van der Waals surface area contributed by atoms with Gasteiger partial charge in [0.2, 0.25) is 0 Å². The number of hydrogen-bond donors (Lipinski definition) is 1. The molecule has 0 unspecified atom stereocenters. The summed E-state index contributed by atoms with van der Waals surface area (Å²) in [5, 5.41) is 8.38. The fourth-order valence-corrected chi connectivity index (χ4v) is 1.22. The molecule has 1 aliphatic heterocycles. The second-order valence-electron chi connectivity index (χ2n) is 2.99. The predicted molar refractivity (Wildman–Crippen MR) is 47.0 cm³/mol. The smallest absolute Gasteiger partial charge is 0.109 e. The summed E-state index contributed by atoms with van der Waals surface area (Å²) in [7, 11) is 2.08. The van der Waals surface area contributed by atoms with Crippen LogP contribution < -0.4 is 5.73 Å². The van der Waals surface area contributed by atoms with Gasteiger partial charge < -0.3 is 15.5 Å². The van der Waals surface area contributed by atoms with Crippen LogP contribution >= 0.6 is 0 Å². The van der Waals surface area contributed by atoms with Crippen molar-refractivity contribution in [3.8, 4) is 6.07 Å². The number of rotatable bonds is 1. The largest absolute Gasteiger partial charge is 0.385 e. The first kappa shape index (κ1) is 8.88. The van der Waals surface area contributed by atoms with E-state index in [0.29, 0.717) is 5.82 Å². The molecule has 0 aromatic carbocycles. The molecule has 1 aliphatic rings. The van der Waals surface area contributed by atoms with Gasteiger partial charge >= 0.3 is 0 Å². The van der Waals surface area contributed by atoms with Gasteiger partial charge in [0, 0.05) is 26.2 Å². The number of likely N-dealkylation sites (N-methyl/N-ethyl adjacent to an activating group) is 1. The summed E-state index contributed by atoms with van der Waals surface area (Å²) >= 11 is 0. The predicted octanol–water partition coefficient (Wildman–Crippen LogP) is -0.443. The average Bonchev–Trinajstić information content (AvgIpc) is 2.06. The Morgan fingerprint density at radius 2 is 2.00 bits per heavy atom. The highest BCUT2D eigenvalue weighted by atomic mass is 15.3. The molecule has 0 saturated carbocycles. The maximum absolute atomic E-state index is 8.38. The molecular weight excluding hydrogens is 152 g/mol.